The van der Waals surface area contributed by atoms with Gasteiger partial charge in [-0.3, -0.25) is 14.4 Å². The number of rotatable bonds is 3. The van der Waals surface area contributed by atoms with Gasteiger partial charge in [-0.1, -0.05) is 0 Å². The smallest absolute Gasteiger partial charge is 0.253 e. The van der Waals surface area contributed by atoms with Gasteiger partial charge in [0.2, 0.25) is 0 Å². The van der Waals surface area contributed by atoms with Crippen LogP contribution in [0, 0.1) is 0 Å². The fourth-order valence-corrected chi connectivity index (χ4v) is 1.76. The SMILES string of the molecule is O=C1CCC(=O)N1OC[C@@H]1CCCN1. The maximum absolute atomic E-state index is 11.1. The number of hydrogen-bond donors (Lipinski definition) is 1. The molecule has 5 nitrogen and oxygen atoms in total. The Morgan fingerprint density at radius 3 is 2.64 bits per heavy atom. The molecule has 2 saturated heterocycles. The lowest BCUT2D eigenvalue weighted by Gasteiger charge is -2.16. The maximum atomic E-state index is 11.1. The molecule has 0 unspecified atom stereocenters. The summed E-state index contributed by atoms with van der Waals surface area (Å²) in [6.07, 6.45) is 2.76. The molecule has 0 bridgehead atoms. The molecule has 5 heteroatoms. The van der Waals surface area contributed by atoms with E-state index in [4.69, 9.17) is 4.84 Å². The number of imide groups is 1. The lowest BCUT2D eigenvalue weighted by molar-refractivity contribution is -0.189. The van der Waals surface area contributed by atoms with E-state index in [2.05, 4.69) is 5.32 Å². The summed E-state index contributed by atoms with van der Waals surface area (Å²) >= 11 is 0. The quantitative estimate of drug-likeness (QED) is 0.639. The third kappa shape index (κ3) is 1.93. The first-order valence-corrected chi connectivity index (χ1v) is 4.99. The highest BCUT2D eigenvalue weighted by Crippen LogP contribution is 2.13. The Morgan fingerprint density at radius 2 is 2.07 bits per heavy atom. The van der Waals surface area contributed by atoms with E-state index in [1.807, 2.05) is 0 Å². The first-order valence-electron chi connectivity index (χ1n) is 4.99. The zero-order valence-electron chi connectivity index (χ0n) is 7.99. The molecule has 1 atom stereocenters. The van der Waals surface area contributed by atoms with E-state index in [1.54, 1.807) is 0 Å². The molecule has 0 aromatic carbocycles. The fourth-order valence-electron chi connectivity index (χ4n) is 1.76. The highest BCUT2D eigenvalue weighted by molar-refractivity contribution is 6.00. The second-order valence-corrected chi connectivity index (χ2v) is 3.67. The predicted molar refractivity (Wildman–Crippen MR) is 48.1 cm³/mol. The third-order valence-electron chi connectivity index (χ3n) is 2.57. The lowest BCUT2D eigenvalue weighted by atomic mass is 10.2. The topological polar surface area (TPSA) is 58.6 Å². The van der Waals surface area contributed by atoms with E-state index in [9.17, 15) is 9.59 Å². The molecular weight excluding hydrogens is 184 g/mol. The number of nitrogens with zero attached hydrogens (tertiary/aromatic N) is 1. The van der Waals surface area contributed by atoms with Crippen LogP contribution in [0.25, 0.3) is 0 Å². The second kappa shape index (κ2) is 4.06. The normalized spacial score (nSPS) is 27.7. The van der Waals surface area contributed by atoms with E-state index >= 15 is 0 Å². The molecule has 2 heterocycles. The first-order chi connectivity index (χ1) is 6.77. The van der Waals surface area contributed by atoms with Gasteiger partial charge in [0.1, 0.15) is 0 Å². The number of amides is 2. The summed E-state index contributed by atoms with van der Waals surface area (Å²) in [5, 5.41) is 4.15. The Bertz CT molecular complexity index is 232. The van der Waals surface area contributed by atoms with Crippen LogP contribution < -0.4 is 5.32 Å². The van der Waals surface area contributed by atoms with Crippen LogP contribution >= 0.6 is 0 Å². The summed E-state index contributed by atoms with van der Waals surface area (Å²) in [7, 11) is 0. The van der Waals surface area contributed by atoms with Crippen LogP contribution in [0.5, 0.6) is 0 Å². The van der Waals surface area contributed by atoms with Crippen LogP contribution in [0.1, 0.15) is 25.7 Å². The van der Waals surface area contributed by atoms with Crippen molar-refractivity contribution in [2.45, 2.75) is 31.7 Å². The van der Waals surface area contributed by atoms with Gasteiger partial charge in [-0.2, -0.15) is 5.06 Å². The number of carbonyl (C=O) groups excluding carboxylic acids is 2. The first kappa shape index (κ1) is 9.61. The van der Waals surface area contributed by atoms with Crippen LogP contribution in [-0.2, 0) is 14.4 Å². The summed E-state index contributed by atoms with van der Waals surface area (Å²) in [4.78, 5) is 27.5. The van der Waals surface area contributed by atoms with Crippen molar-refractivity contribution in [2.24, 2.45) is 0 Å². The lowest BCUT2D eigenvalue weighted by Crippen LogP contribution is -2.35. The average Bonchev–Trinajstić information content (AvgIpc) is 2.76. The van der Waals surface area contributed by atoms with Gasteiger partial charge in [0.25, 0.3) is 11.8 Å². The summed E-state index contributed by atoms with van der Waals surface area (Å²) in [5.74, 6) is -0.430. The number of hydroxylamine groups is 2. The van der Waals surface area contributed by atoms with Crippen molar-refractivity contribution < 1.29 is 14.4 Å². The zero-order chi connectivity index (χ0) is 9.97. The minimum absolute atomic E-state index is 0.215. The predicted octanol–water partition coefficient (Wildman–Crippen LogP) is -0.181. The van der Waals surface area contributed by atoms with Crippen molar-refractivity contribution in [3.05, 3.63) is 0 Å². The third-order valence-corrected chi connectivity index (χ3v) is 2.57. The number of nitrogens with one attached hydrogen (secondary N) is 1. The minimum Gasteiger partial charge on any atom is -0.312 e. The standard InChI is InChI=1S/C9H14N2O3/c12-8-3-4-9(13)11(8)14-6-7-2-1-5-10-7/h7,10H,1-6H2/t7-/m0/s1. The van der Waals surface area contributed by atoms with Gasteiger partial charge < -0.3 is 5.32 Å². The molecular formula is C9H14N2O3. The van der Waals surface area contributed by atoms with Gasteiger partial charge >= 0.3 is 0 Å². The summed E-state index contributed by atoms with van der Waals surface area (Å²) in [6, 6.07) is 0.288. The molecule has 2 aliphatic rings. The summed E-state index contributed by atoms with van der Waals surface area (Å²) < 4.78 is 0. The molecule has 0 radical (unpaired) electrons. The Hall–Kier alpha value is -0.940. The Kier molecular flexibility index (Phi) is 2.79. The molecule has 78 valence electrons. The molecule has 0 aliphatic carbocycles. The Balaban J connectivity index is 1.78. The van der Waals surface area contributed by atoms with Gasteiger partial charge in [-0.15, -0.1) is 0 Å². The fraction of sp³-hybridized carbons (Fsp3) is 0.778. The minimum atomic E-state index is -0.215. The monoisotopic (exact) mass is 198 g/mol. The molecule has 14 heavy (non-hydrogen) atoms. The molecule has 2 aliphatic heterocycles. The van der Waals surface area contributed by atoms with Gasteiger partial charge in [0.15, 0.2) is 0 Å². The highest BCUT2D eigenvalue weighted by Gasteiger charge is 2.31. The van der Waals surface area contributed by atoms with Crippen LogP contribution in [-0.4, -0.2) is 36.1 Å². The van der Waals surface area contributed by atoms with E-state index in [1.165, 1.54) is 0 Å². The maximum Gasteiger partial charge on any atom is 0.253 e. The van der Waals surface area contributed by atoms with E-state index in [0.717, 1.165) is 24.4 Å². The van der Waals surface area contributed by atoms with Crippen molar-refractivity contribution in [1.29, 1.82) is 0 Å². The van der Waals surface area contributed by atoms with Gasteiger partial charge in [0.05, 0.1) is 6.61 Å². The van der Waals surface area contributed by atoms with Crippen LogP contribution in [0.2, 0.25) is 0 Å². The van der Waals surface area contributed by atoms with Crippen molar-refractivity contribution in [1.82, 2.24) is 10.4 Å². The highest BCUT2D eigenvalue weighted by atomic mass is 16.7. The Morgan fingerprint density at radius 1 is 1.36 bits per heavy atom. The molecule has 2 amide bonds. The van der Waals surface area contributed by atoms with Crippen LogP contribution in [0.4, 0.5) is 0 Å². The molecule has 2 fully saturated rings. The Labute approximate surface area is 82.3 Å². The molecule has 2 rings (SSSR count). The largest absolute Gasteiger partial charge is 0.312 e. The van der Waals surface area contributed by atoms with Crippen molar-refractivity contribution in [3.8, 4) is 0 Å². The van der Waals surface area contributed by atoms with Crippen molar-refractivity contribution in [3.63, 3.8) is 0 Å². The molecule has 0 aromatic heterocycles. The molecule has 0 saturated carbocycles. The van der Waals surface area contributed by atoms with Crippen LogP contribution in [0.3, 0.4) is 0 Å². The van der Waals surface area contributed by atoms with Gasteiger partial charge in [-0.05, 0) is 19.4 Å². The van der Waals surface area contributed by atoms with E-state index < -0.39 is 0 Å². The van der Waals surface area contributed by atoms with Gasteiger partial charge in [0, 0.05) is 18.9 Å². The van der Waals surface area contributed by atoms with Crippen molar-refractivity contribution in [2.75, 3.05) is 13.2 Å². The van der Waals surface area contributed by atoms with E-state index in [0.29, 0.717) is 6.61 Å². The average molecular weight is 198 g/mol. The van der Waals surface area contributed by atoms with E-state index in [-0.39, 0.29) is 30.7 Å². The van der Waals surface area contributed by atoms with Gasteiger partial charge in [-0.25, -0.2) is 0 Å². The summed E-state index contributed by atoms with van der Waals surface area (Å²) in [6.45, 7) is 1.41. The number of carbonyl (C=O) groups is 2. The van der Waals surface area contributed by atoms with Crippen LogP contribution in [0.15, 0.2) is 0 Å². The molecule has 0 aromatic rings. The molecule has 0 spiro atoms. The number of hydrogen-bond acceptors (Lipinski definition) is 4. The van der Waals surface area contributed by atoms with Crippen molar-refractivity contribution >= 4 is 11.8 Å². The molecule has 1 N–H and O–H groups in total. The summed E-state index contributed by atoms with van der Waals surface area (Å²) in [5.41, 5.74) is 0. The second-order valence-electron chi connectivity index (χ2n) is 3.67. The zero-order valence-corrected chi connectivity index (χ0v) is 7.99.